The Morgan fingerprint density at radius 3 is 2.96 bits per heavy atom. The highest BCUT2D eigenvalue weighted by Crippen LogP contribution is 2.25. The van der Waals surface area contributed by atoms with Crippen molar-refractivity contribution in [1.29, 1.82) is 0 Å². The highest BCUT2D eigenvalue weighted by molar-refractivity contribution is 6.44. The van der Waals surface area contributed by atoms with Gasteiger partial charge in [0.1, 0.15) is 10.7 Å². The first-order chi connectivity index (χ1) is 12.6. The predicted molar refractivity (Wildman–Crippen MR) is 103 cm³/mol. The molecule has 1 fully saturated rings. The molecule has 0 radical (unpaired) electrons. The summed E-state index contributed by atoms with van der Waals surface area (Å²) in [5, 5.41) is 10.2. The molecule has 3 rings (SSSR count). The molecule has 0 aliphatic carbocycles. The highest BCUT2D eigenvalue weighted by atomic mass is 35.5. The van der Waals surface area contributed by atoms with Crippen LogP contribution >= 0.6 is 11.6 Å². The fourth-order valence-corrected chi connectivity index (χ4v) is 3.16. The molecule has 3 heterocycles. The van der Waals surface area contributed by atoms with E-state index in [1.807, 2.05) is 23.2 Å². The van der Waals surface area contributed by atoms with Crippen molar-refractivity contribution in [2.45, 2.75) is 25.8 Å². The van der Waals surface area contributed by atoms with Crippen molar-refractivity contribution < 1.29 is 0 Å². The van der Waals surface area contributed by atoms with Gasteiger partial charge in [0.15, 0.2) is 0 Å². The Kier molecular flexibility index (Phi) is 5.62. The summed E-state index contributed by atoms with van der Waals surface area (Å²) in [6, 6.07) is 3.92. The van der Waals surface area contributed by atoms with Crippen LogP contribution in [0.4, 0.5) is 5.69 Å². The van der Waals surface area contributed by atoms with Gasteiger partial charge in [-0.25, -0.2) is 5.10 Å². The average Bonchev–Trinajstić information content (AvgIpc) is 2.69. The monoisotopic (exact) mass is 373 g/mol. The minimum absolute atomic E-state index is 0.00632. The molecule has 2 aromatic heterocycles. The molecule has 9 heteroatoms. The number of nitrogens with one attached hydrogen (secondary N) is 1. The van der Waals surface area contributed by atoms with Gasteiger partial charge in [-0.3, -0.25) is 14.8 Å². The molecule has 0 unspecified atom stereocenters. The normalized spacial score (nSPS) is 19.1. The topological polar surface area (TPSA) is 113 Å². The number of aromatic amines is 1. The summed E-state index contributed by atoms with van der Waals surface area (Å²) in [4.78, 5) is 22.6. The maximum absolute atomic E-state index is 11.7. The van der Waals surface area contributed by atoms with E-state index in [2.05, 4.69) is 27.2 Å². The number of hydrazone groups is 1. The summed E-state index contributed by atoms with van der Waals surface area (Å²) in [5.41, 5.74) is 2.75. The number of piperidine rings is 1. The zero-order valence-corrected chi connectivity index (χ0v) is 15.1. The molecule has 0 spiro atoms. The number of aromatic nitrogens is 3. The lowest BCUT2D eigenvalue weighted by Gasteiger charge is -2.31. The lowest BCUT2D eigenvalue weighted by Crippen LogP contribution is -2.43. The van der Waals surface area contributed by atoms with Gasteiger partial charge in [0.05, 0.1) is 30.2 Å². The largest absolute Gasteiger partial charge is 0.362 e. The Bertz CT molecular complexity index is 878. The highest BCUT2D eigenvalue weighted by Gasteiger charge is 2.25. The van der Waals surface area contributed by atoms with E-state index in [1.54, 1.807) is 6.20 Å². The third kappa shape index (κ3) is 3.75. The van der Waals surface area contributed by atoms with Crippen LogP contribution in [0.15, 0.2) is 45.6 Å². The Hall–Kier alpha value is -2.74. The fraction of sp³-hybridized carbons (Fsp3) is 0.353. The summed E-state index contributed by atoms with van der Waals surface area (Å²) in [7, 11) is 0. The maximum atomic E-state index is 11.7. The summed E-state index contributed by atoms with van der Waals surface area (Å²) in [6.45, 7) is 3.15. The van der Waals surface area contributed by atoms with Gasteiger partial charge in [0.2, 0.25) is 0 Å². The Morgan fingerprint density at radius 1 is 1.42 bits per heavy atom. The van der Waals surface area contributed by atoms with E-state index >= 15 is 0 Å². The van der Waals surface area contributed by atoms with Crippen molar-refractivity contribution in [2.75, 3.05) is 18.0 Å². The zero-order chi connectivity index (χ0) is 18.5. The summed E-state index contributed by atoms with van der Waals surface area (Å²) in [6.07, 6.45) is 6.60. The number of rotatable bonds is 4. The van der Waals surface area contributed by atoms with E-state index in [0.29, 0.717) is 30.9 Å². The first kappa shape index (κ1) is 18.1. The molecule has 1 aliphatic rings. The van der Waals surface area contributed by atoms with Crippen LogP contribution < -0.4 is 16.3 Å². The predicted octanol–water partition coefficient (Wildman–Crippen LogP) is 1.94. The second kappa shape index (κ2) is 8.09. The number of hydrogen-bond donors (Lipinski definition) is 2. The van der Waals surface area contributed by atoms with Crippen LogP contribution in [0.2, 0.25) is 5.02 Å². The number of anilines is 1. The van der Waals surface area contributed by atoms with Crippen molar-refractivity contribution in [3.05, 3.63) is 51.7 Å². The number of pyridine rings is 1. The molecule has 1 saturated heterocycles. The van der Waals surface area contributed by atoms with E-state index < -0.39 is 5.56 Å². The molecule has 0 bridgehead atoms. The molecular formula is C17H20ClN7O. The second-order valence-corrected chi connectivity index (χ2v) is 6.31. The van der Waals surface area contributed by atoms with Crippen molar-refractivity contribution in [3.63, 3.8) is 0 Å². The van der Waals surface area contributed by atoms with Crippen LogP contribution in [0, 0.1) is 0 Å². The SMILES string of the molecule is CC[C@@H](N=C1CCN(c2cn[nH]c(=O)c2Cl)CC1=NN)c1cccnc1. The summed E-state index contributed by atoms with van der Waals surface area (Å²) >= 11 is 6.11. The van der Waals surface area contributed by atoms with Crippen molar-refractivity contribution >= 4 is 28.7 Å². The smallest absolute Gasteiger partial charge is 0.285 e. The quantitative estimate of drug-likeness (QED) is 0.628. The van der Waals surface area contributed by atoms with Gasteiger partial charge in [-0.05, 0) is 18.1 Å². The van der Waals surface area contributed by atoms with Crippen LogP contribution in [0.25, 0.3) is 0 Å². The van der Waals surface area contributed by atoms with Gasteiger partial charge in [0, 0.05) is 25.4 Å². The fourth-order valence-electron chi connectivity index (χ4n) is 2.95. The zero-order valence-electron chi connectivity index (χ0n) is 14.4. The molecule has 1 aliphatic heterocycles. The number of nitrogens with two attached hydrogens (primary N) is 1. The lowest BCUT2D eigenvalue weighted by molar-refractivity contribution is 0.693. The molecule has 26 heavy (non-hydrogen) atoms. The molecule has 136 valence electrons. The summed E-state index contributed by atoms with van der Waals surface area (Å²) < 4.78 is 0. The van der Waals surface area contributed by atoms with E-state index in [9.17, 15) is 4.79 Å². The number of H-pyrrole nitrogens is 1. The van der Waals surface area contributed by atoms with Crippen molar-refractivity contribution in [2.24, 2.45) is 15.9 Å². The van der Waals surface area contributed by atoms with Crippen LogP contribution in [0.1, 0.15) is 31.4 Å². The third-order valence-corrected chi connectivity index (χ3v) is 4.70. The van der Waals surface area contributed by atoms with Gasteiger partial charge in [-0.2, -0.15) is 10.2 Å². The molecule has 8 nitrogen and oxygen atoms in total. The number of hydrogen-bond acceptors (Lipinski definition) is 7. The molecule has 0 amide bonds. The van der Waals surface area contributed by atoms with Crippen molar-refractivity contribution in [3.8, 4) is 0 Å². The number of nitrogens with zero attached hydrogens (tertiary/aromatic N) is 5. The Balaban J connectivity index is 1.84. The van der Waals surface area contributed by atoms with Crippen LogP contribution in [-0.2, 0) is 0 Å². The molecule has 1 atom stereocenters. The summed E-state index contributed by atoms with van der Waals surface area (Å²) in [5.74, 6) is 5.61. The van der Waals surface area contributed by atoms with E-state index in [-0.39, 0.29) is 11.1 Å². The number of halogens is 1. The van der Waals surface area contributed by atoms with Gasteiger partial charge in [-0.15, -0.1) is 0 Å². The minimum atomic E-state index is -0.419. The van der Waals surface area contributed by atoms with Gasteiger partial charge in [-0.1, -0.05) is 24.6 Å². The Labute approximate surface area is 155 Å². The molecule has 2 aromatic rings. The van der Waals surface area contributed by atoms with E-state index in [0.717, 1.165) is 17.7 Å². The minimum Gasteiger partial charge on any atom is -0.362 e. The molecular weight excluding hydrogens is 354 g/mol. The third-order valence-electron chi connectivity index (χ3n) is 4.33. The molecule has 0 aromatic carbocycles. The second-order valence-electron chi connectivity index (χ2n) is 5.93. The maximum Gasteiger partial charge on any atom is 0.285 e. The van der Waals surface area contributed by atoms with Crippen LogP contribution in [-0.4, -0.2) is 39.7 Å². The number of aliphatic imine (C=N–C) groups is 1. The van der Waals surface area contributed by atoms with Crippen LogP contribution in [0.3, 0.4) is 0 Å². The van der Waals surface area contributed by atoms with Gasteiger partial charge < -0.3 is 10.7 Å². The van der Waals surface area contributed by atoms with Gasteiger partial charge >= 0.3 is 0 Å². The van der Waals surface area contributed by atoms with E-state index in [4.69, 9.17) is 22.4 Å². The molecule has 3 N–H and O–H groups in total. The first-order valence-corrected chi connectivity index (χ1v) is 8.73. The Morgan fingerprint density at radius 2 is 2.27 bits per heavy atom. The van der Waals surface area contributed by atoms with Gasteiger partial charge in [0.25, 0.3) is 5.56 Å². The van der Waals surface area contributed by atoms with Crippen LogP contribution in [0.5, 0.6) is 0 Å². The molecule has 0 saturated carbocycles. The lowest BCUT2D eigenvalue weighted by atomic mass is 10.0. The standard InChI is InChI=1S/C17H20ClN7O/c1-2-12(11-4-3-6-20-8-11)22-13-5-7-25(10-14(13)23-19)15-9-21-24-17(26)16(15)18/h3-4,6,8-9,12H,2,5,7,10,19H2,1H3,(H,24,26)/t12-/m1/s1. The first-order valence-electron chi connectivity index (χ1n) is 8.35. The van der Waals surface area contributed by atoms with Crippen molar-refractivity contribution in [1.82, 2.24) is 15.2 Å². The van der Waals surface area contributed by atoms with E-state index in [1.165, 1.54) is 6.20 Å². The average molecular weight is 374 g/mol.